The van der Waals surface area contributed by atoms with E-state index in [1.807, 2.05) is 37.4 Å². The quantitative estimate of drug-likeness (QED) is 0.649. The number of carbonyl (C=O) groups excluding carboxylic acids is 1. The molecule has 2 aromatic carbocycles. The molecule has 0 spiro atoms. The largest absolute Gasteiger partial charge is 0.352 e. The number of amides is 1. The first kappa shape index (κ1) is 21.3. The monoisotopic (exact) mass is 406 g/mol. The zero-order valence-corrected chi connectivity index (χ0v) is 17.5. The molecule has 27 heavy (non-hydrogen) atoms. The molecule has 146 valence electrons. The predicted octanol–water partition coefficient (Wildman–Crippen LogP) is 3.31. The van der Waals surface area contributed by atoms with E-state index in [1.165, 1.54) is 17.3 Å². The molecule has 0 aliphatic heterocycles. The SMILES string of the molecule is CSc1cccc(N(CC(=O)N[C@H](C)CCc2ccccc2)S(C)(=O)=O)c1. The fourth-order valence-electron chi connectivity index (χ4n) is 2.72. The first-order chi connectivity index (χ1) is 12.8. The molecular weight excluding hydrogens is 380 g/mol. The number of nitrogens with zero attached hydrogens (tertiary/aromatic N) is 1. The minimum Gasteiger partial charge on any atom is -0.352 e. The standard InChI is InChI=1S/C20H26N2O3S2/c1-16(12-13-17-8-5-4-6-9-17)21-20(23)15-22(27(3,24)25)18-10-7-11-19(14-18)26-2/h4-11,14,16H,12-13,15H2,1-3H3,(H,21,23)/t16-/m1/s1. The highest BCUT2D eigenvalue weighted by atomic mass is 32.2. The van der Waals surface area contributed by atoms with Gasteiger partial charge in [0.15, 0.2) is 0 Å². The molecule has 7 heteroatoms. The van der Waals surface area contributed by atoms with Gasteiger partial charge in [-0.2, -0.15) is 0 Å². The molecule has 0 aliphatic carbocycles. The van der Waals surface area contributed by atoms with E-state index >= 15 is 0 Å². The number of rotatable bonds is 9. The van der Waals surface area contributed by atoms with Gasteiger partial charge >= 0.3 is 0 Å². The van der Waals surface area contributed by atoms with Crippen molar-refractivity contribution < 1.29 is 13.2 Å². The molecular formula is C20H26N2O3S2. The Morgan fingerprint density at radius 3 is 2.48 bits per heavy atom. The molecule has 0 radical (unpaired) electrons. The van der Waals surface area contributed by atoms with Gasteiger partial charge in [-0.1, -0.05) is 36.4 Å². The van der Waals surface area contributed by atoms with Crippen LogP contribution in [0, 0.1) is 0 Å². The molecule has 1 atom stereocenters. The van der Waals surface area contributed by atoms with Crippen molar-refractivity contribution in [1.82, 2.24) is 5.32 Å². The maximum Gasteiger partial charge on any atom is 0.240 e. The third-order valence-corrected chi connectivity index (χ3v) is 6.01. The molecule has 0 heterocycles. The Hall–Kier alpha value is -1.99. The summed E-state index contributed by atoms with van der Waals surface area (Å²) in [4.78, 5) is 13.4. The summed E-state index contributed by atoms with van der Waals surface area (Å²) in [5.74, 6) is -0.310. The lowest BCUT2D eigenvalue weighted by Crippen LogP contribution is -2.43. The second-order valence-electron chi connectivity index (χ2n) is 6.46. The third-order valence-electron chi connectivity index (χ3n) is 4.15. The Labute approximate surface area is 166 Å². The van der Waals surface area contributed by atoms with E-state index in [9.17, 15) is 13.2 Å². The Morgan fingerprint density at radius 1 is 1.15 bits per heavy atom. The second kappa shape index (κ2) is 9.80. The van der Waals surface area contributed by atoms with Crippen molar-refractivity contribution >= 4 is 33.4 Å². The van der Waals surface area contributed by atoms with Gasteiger partial charge in [-0.05, 0) is 49.8 Å². The summed E-state index contributed by atoms with van der Waals surface area (Å²) in [6.45, 7) is 1.70. The smallest absolute Gasteiger partial charge is 0.240 e. The van der Waals surface area contributed by atoms with Gasteiger partial charge in [-0.3, -0.25) is 9.10 Å². The van der Waals surface area contributed by atoms with Gasteiger partial charge in [0.25, 0.3) is 0 Å². The van der Waals surface area contributed by atoms with E-state index in [-0.39, 0.29) is 18.5 Å². The number of nitrogens with one attached hydrogen (secondary N) is 1. The predicted molar refractivity (Wildman–Crippen MR) is 113 cm³/mol. The number of thioether (sulfide) groups is 1. The Bertz CT molecular complexity index is 855. The van der Waals surface area contributed by atoms with Gasteiger partial charge in [0.2, 0.25) is 15.9 Å². The molecule has 1 amide bonds. The molecule has 0 unspecified atom stereocenters. The fourth-order valence-corrected chi connectivity index (χ4v) is 4.02. The van der Waals surface area contributed by atoms with E-state index in [4.69, 9.17) is 0 Å². The minimum atomic E-state index is -3.57. The van der Waals surface area contributed by atoms with Crippen LogP contribution >= 0.6 is 11.8 Å². The maximum absolute atomic E-state index is 12.4. The van der Waals surface area contributed by atoms with E-state index < -0.39 is 10.0 Å². The summed E-state index contributed by atoms with van der Waals surface area (Å²) < 4.78 is 25.6. The molecule has 5 nitrogen and oxygen atoms in total. The maximum atomic E-state index is 12.4. The highest BCUT2D eigenvalue weighted by molar-refractivity contribution is 7.98. The first-order valence-corrected chi connectivity index (χ1v) is 11.8. The summed E-state index contributed by atoms with van der Waals surface area (Å²) in [5, 5.41) is 2.90. The van der Waals surface area contributed by atoms with E-state index in [0.29, 0.717) is 5.69 Å². The number of anilines is 1. The number of carbonyl (C=O) groups is 1. The van der Waals surface area contributed by atoms with Crippen LogP contribution in [0.4, 0.5) is 5.69 Å². The Morgan fingerprint density at radius 2 is 1.85 bits per heavy atom. The van der Waals surface area contributed by atoms with Crippen LogP contribution in [0.25, 0.3) is 0 Å². The number of aryl methyl sites for hydroxylation is 1. The number of sulfonamides is 1. The summed E-state index contributed by atoms with van der Waals surface area (Å²) in [5.41, 5.74) is 1.71. The fraction of sp³-hybridized carbons (Fsp3) is 0.350. The summed E-state index contributed by atoms with van der Waals surface area (Å²) in [7, 11) is -3.57. The van der Waals surface area contributed by atoms with Crippen LogP contribution in [0.3, 0.4) is 0 Å². The lowest BCUT2D eigenvalue weighted by Gasteiger charge is -2.23. The van der Waals surface area contributed by atoms with Crippen molar-refractivity contribution in [2.24, 2.45) is 0 Å². The van der Waals surface area contributed by atoms with Gasteiger partial charge in [0, 0.05) is 10.9 Å². The average molecular weight is 407 g/mol. The molecule has 0 aliphatic rings. The minimum absolute atomic E-state index is 0.0448. The highest BCUT2D eigenvalue weighted by Gasteiger charge is 2.21. The van der Waals surface area contributed by atoms with Gasteiger partial charge in [-0.15, -0.1) is 11.8 Å². The molecule has 2 aromatic rings. The molecule has 0 fully saturated rings. The molecule has 0 aromatic heterocycles. The van der Waals surface area contributed by atoms with Crippen molar-refractivity contribution in [3.63, 3.8) is 0 Å². The second-order valence-corrected chi connectivity index (χ2v) is 9.25. The van der Waals surface area contributed by atoms with E-state index in [1.54, 1.807) is 18.2 Å². The van der Waals surface area contributed by atoms with Gasteiger partial charge in [-0.25, -0.2) is 8.42 Å². The number of benzene rings is 2. The number of hydrogen-bond donors (Lipinski definition) is 1. The average Bonchev–Trinajstić information content (AvgIpc) is 2.64. The molecule has 2 rings (SSSR count). The summed E-state index contributed by atoms with van der Waals surface area (Å²) in [6.07, 6.45) is 4.68. The Kier molecular flexibility index (Phi) is 7.74. The van der Waals surface area contributed by atoms with Crippen LogP contribution in [-0.4, -0.2) is 39.4 Å². The molecule has 0 bridgehead atoms. The van der Waals surface area contributed by atoms with Crippen molar-refractivity contribution in [2.75, 3.05) is 23.4 Å². The van der Waals surface area contributed by atoms with E-state index in [2.05, 4.69) is 17.4 Å². The van der Waals surface area contributed by atoms with Gasteiger partial charge in [0.1, 0.15) is 6.54 Å². The van der Waals surface area contributed by atoms with E-state index in [0.717, 1.165) is 28.3 Å². The normalized spacial score (nSPS) is 12.4. The zero-order valence-electron chi connectivity index (χ0n) is 15.9. The zero-order chi connectivity index (χ0) is 19.9. The van der Waals surface area contributed by atoms with Crippen LogP contribution in [0.15, 0.2) is 59.5 Å². The van der Waals surface area contributed by atoms with Crippen molar-refractivity contribution in [2.45, 2.75) is 30.7 Å². The van der Waals surface area contributed by atoms with Crippen molar-refractivity contribution in [3.8, 4) is 0 Å². The van der Waals surface area contributed by atoms with Crippen LogP contribution < -0.4 is 9.62 Å². The topological polar surface area (TPSA) is 66.5 Å². The molecule has 1 N–H and O–H groups in total. The number of hydrogen-bond acceptors (Lipinski definition) is 4. The lowest BCUT2D eigenvalue weighted by molar-refractivity contribution is -0.120. The first-order valence-electron chi connectivity index (χ1n) is 8.74. The third kappa shape index (κ3) is 6.92. The highest BCUT2D eigenvalue weighted by Crippen LogP contribution is 2.23. The van der Waals surface area contributed by atoms with Crippen molar-refractivity contribution in [1.29, 1.82) is 0 Å². The molecule has 0 saturated carbocycles. The summed E-state index contributed by atoms with van der Waals surface area (Å²) >= 11 is 1.52. The van der Waals surface area contributed by atoms with Gasteiger partial charge < -0.3 is 5.32 Å². The molecule has 0 saturated heterocycles. The Balaban J connectivity index is 1.99. The van der Waals surface area contributed by atoms with Gasteiger partial charge in [0.05, 0.1) is 11.9 Å². The van der Waals surface area contributed by atoms with Crippen LogP contribution in [0.5, 0.6) is 0 Å². The van der Waals surface area contributed by atoms with Crippen LogP contribution in [0.1, 0.15) is 18.9 Å². The van der Waals surface area contributed by atoms with Crippen LogP contribution in [-0.2, 0) is 21.2 Å². The van der Waals surface area contributed by atoms with Crippen LogP contribution in [0.2, 0.25) is 0 Å². The summed E-state index contributed by atoms with van der Waals surface area (Å²) in [6, 6.07) is 17.2. The van der Waals surface area contributed by atoms with Crippen molar-refractivity contribution in [3.05, 3.63) is 60.2 Å². The lowest BCUT2D eigenvalue weighted by atomic mass is 10.1.